The zero-order valence-electron chi connectivity index (χ0n) is 16.8. The molecule has 0 aliphatic heterocycles. The Morgan fingerprint density at radius 1 is 0.966 bits per heavy atom. The van der Waals surface area contributed by atoms with E-state index in [1.165, 1.54) is 0 Å². The SMILES string of the molecule is COc1ccccc1Nc1nc2c(c(Nc3ccccc3C)n1)C(=O)CC(C)C2. The van der Waals surface area contributed by atoms with Gasteiger partial charge in [-0.05, 0) is 43.0 Å². The number of hydrogen-bond acceptors (Lipinski definition) is 6. The largest absolute Gasteiger partial charge is 0.495 e. The number of carbonyl (C=O) groups is 1. The van der Waals surface area contributed by atoms with Crippen LogP contribution in [0.3, 0.4) is 0 Å². The summed E-state index contributed by atoms with van der Waals surface area (Å²) in [6.45, 7) is 4.10. The van der Waals surface area contributed by atoms with Crippen LogP contribution in [0, 0.1) is 12.8 Å². The van der Waals surface area contributed by atoms with E-state index in [2.05, 4.69) is 27.5 Å². The van der Waals surface area contributed by atoms with Crippen LogP contribution in [0.2, 0.25) is 0 Å². The molecule has 148 valence electrons. The zero-order chi connectivity index (χ0) is 20.4. The summed E-state index contributed by atoms with van der Waals surface area (Å²) in [6.07, 6.45) is 1.25. The van der Waals surface area contributed by atoms with Gasteiger partial charge in [-0.3, -0.25) is 4.79 Å². The number of methoxy groups -OCH3 is 1. The van der Waals surface area contributed by atoms with Gasteiger partial charge in [-0.15, -0.1) is 0 Å². The lowest BCUT2D eigenvalue weighted by molar-refractivity contribution is 0.0953. The van der Waals surface area contributed by atoms with Gasteiger partial charge in [0.1, 0.15) is 11.6 Å². The molecular formula is C23H24N4O2. The maximum Gasteiger partial charge on any atom is 0.229 e. The summed E-state index contributed by atoms with van der Waals surface area (Å²) in [5, 5.41) is 6.60. The number of aryl methyl sites for hydroxylation is 1. The molecule has 6 nitrogen and oxygen atoms in total. The first-order valence-corrected chi connectivity index (χ1v) is 9.72. The molecular weight excluding hydrogens is 364 g/mol. The molecule has 0 radical (unpaired) electrons. The second kappa shape index (κ2) is 7.91. The predicted molar refractivity (Wildman–Crippen MR) is 115 cm³/mol. The molecule has 1 aromatic heterocycles. The molecule has 29 heavy (non-hydrogen) atoms. The summed E-state index contributed by atoms with van der Waals surface area (Å²) < 4.78 is 5.42. The molecule has 2 aromatic carbocycles. The number of hydrogen-bond donors (Lipinski definition) is 2. The molecule has 0 fully saturated rings. The smallest absolute Gasteiger partial charge is 0.229 e. The number of benzene rings is 2. The minimum absolute atomic E-state index is 0.0821. The molecule has 4 rings (SSSR count). The summed E-state index contributed by atoms with van der Waals surface area (Å²) >= 11 is 0. The number of nitrogens with one attached hydrogen (secondary N) is 2. The third kappa shape index (κ3) is 3.92. The highest BCUT2D eigenvalue weighted by Crippen LogP contribution is 2.33. The monoisotopic (exact) mass is 388 g/mol. The normalized spacial score (nSPS) is 15.6. The number of carbonyl (C=O) groups excluding carboxylic acids is 1. The summed E-state index contributed by atoms with van der Waals surface area (Å²) in [5.41, 5.74) is 4.14. The van der Waals surface area contributed by atoms with Crippen molar-refractivity contribution in [2.45, 2.75) is 26.7 Å². The fourth-order valence-corrected chi connectivity index (χ4v) is 3.62. The predicted octanol–water partition coefficient (Wildman–Crippen LogP) is 5.05. The molecule has 0 saturated carbocycles. The molecule has 3 aromatic rings. The zero-order valence-corrected chi connectivity index (χ0v) is 16.8. The van der Waals surface area contributed by atoms with E-state index in [4.69, 9.17) is 4.74 Å². The number of Topliss-reactive ketones (excluding diaryl/α,β-unsaturated/α-hetero) is 1. The molecule has 0 bridgehead atoms. The Balaban J connectivity index is 1.78. The number of fused-ring (bicyclic) bond motifs is 1. The van der Waals surface area contributed by atoms with E-state index >= 15 is 0 Å². The molecule has 1 atom stereocenters. The molecule has 0 spiro atoms. The Hall–Kier alpha value is -3.41. The van der Waals surface area contributed by atoms with Crippen molar-refractivity contribution in [2.75, 3.05) is 17.7 Å². The van der Waals surface area contributed by atoms with Crippen molar-refractivity contribution in [3.63, 3.8) is 0 Å². The van der Waals surface area contributed by atoms with Crippen LogP contribution in [-0.2, 0) is 6.42 Å². The topological polar surface area (TPSA) is 76.1 Å². The lowest BCUT2D eigenvalue weighted by atomic mass is 9.87. The summed E-state index contributed by atoms with van der Waals surface area (Å²) in [4.78, 5) is 22.1. The van der Waals surface area contributed by atoms with Crippen LogP contribution in [0.5, 0.6) is 5.75 Å². The third-order valence-electron chi connectivity index (χ3n) is 5.09. The number of ketones is 1. The van der Waals surface area contributed by atoms with Crippen LogP contribution >= 0.6 is 0 Å². The average molecular weight is 388 g/mol. The van der Waals surface area contributed by atoms with Gasteiger partial charge in [0.25, 0.3) is 0 Å². The lowest BCUT2D eigenvalue weighted by Crippen LogP contribution is -2.22. The first kappa shape index (κ1) is 18.9. The van der Waals surface area contributed by atoms with Crippen molar-refractivity contribution in [3.05, 3.63) is 65.4 Å². The van der Waals surface area contributed by atoms with Crippen LogP contribution in [-0.4, -0.2) is 22.9 Å². The summed E-state index contributed by atoms with van der Waals surface area (Å²) in [5.74, 6) is 2.02. The molecule has 2 N–H and O–H groups in total. The van der Waals surface area contributed by atoms with E-state index in [0.29, 0.717) is 29.5 Å². The minimum Gasteiger partial charge on any atom is -0.495 e. The Kier molecular flexibility index (Phi) is 5.16. The van der Waals surface area contributed by atoms with Gasteiger partial charge >= 0.3 is 0 Å². The molecule has 1 heterocycles. The Bertz CT molecular complexity index is 1060. The maximum atomic E-state index is 12.8. The van der Waals surface area contributed by atoms with Gasteiger partial charge in [-0.2, -0.15) is 4.98 Å². The van der Waals surface area contributed by atoms with Gasteiger partial charge < -0.3 is 15.4 Å². The molecule has 0 amide bonds. The minimum atomic E-state index is 0.0821. The summed E-state index contributed by atoms with van der Waals surface area (Å²) in [7, 11) is 1.62. The van der Waals surface area contributed by atoms with E-state index in [1.807, 2.05) is 55.5 Å². The second-order valence-corrected chi connectivity index (χ2v) is 7.42. The standard InChI is InChI=1S/C23H24N4O2/c1-14-12-18-21(19(28)13-14)22(24-16-9-5-4-8-15(16)2)27-23(26-18)25-17-10-6-7-11-20(17)29-3/h4-11,14H,12-13H2,1-3H3,(H2,24,25,26,27). The first-order chi connectivity index (χ1) is 14.0. The number of anilines is 4. The highest BCUT2D eigenvalue weighted by Gasteiger charge is 2.28. The van der Waals surface area contributed by atoms with Gasteiger partial charge in [0.05, 0.1) is 24.1 Å². The Morgan fingerprint density at radius 3 is 2.45 bits per heavy atom. The van der Waals surface area contributed by atoms with Crippen molar-refractivity contribution in [3.8, 4) is 5.75 Å². The van der Waals surface area contributed by atoms with Crippen molar-refractivity contribution in [1.29, 1.82) is 0 Å². The van der Waals surface area contributed by atoms with Gasteiger partial charge in [0, 0.05) is 12.1 Å². The van der Waals surface area contributed by atoms with Crippen LogP contribution in [0.4, 0.5) is 23.1 Å². The van der Waals surface area contributed by atoms with Crippen molar-refractivity contribution in [2.24, 2.45) is 5.92 Å². The molecule has 1 aliphatic rings. The number of rotatable bonds is 5. The Labute approximate surface area is 170 Å². The Morgan fingerprint density at radius 2 is 1.69 bits per heavy atom. The first-order valence-electron chi connectivity index (χ1n) is 9.72. The van der Waals surface area contributed by atoms with Crippen LogP contribution in [0.25, 0.3) is 0 Å². The maximum absolute atomic E-state index is 12.8. The number of aromatic nitrogens is 2. The van der Waals surface area contributed by atoms with Crippen LogP contribution in [0.1, 0.15) is 35.0 Å². The number of ether oxygens (including phenoxy) is 1. The lowest BCUT2D eigenvalue weighted by Gasteiger charge is -2.23. The molecule has 1 unspecified atom stereocenters. The van der Waals surface area contributed by atoms with E-state index in [0.717, 1.165) is 29.1 Å². The van der Waals surface area contributed by atoms with Gasteiger partial charge in [-0.25, -0.2) is 4.98 Å². The highest BCUT2D eigenvalue weighted by molar-refractivity contribution is 6.03. The number of nitrogens with zero attached hydrogens (tertiary/aromatic N) is 2. The van der Waals surface area contributed by atoms with Crippen molar-refractivity contribution < 1.29 is 9.53 Å². The fourth-order valence-electron chi connectivity index (χ4n) is 3.62. The molecule has 0 saturated heterocycles. The van der Waals surface area contributed by atoms with E-state index < -0.39 is 0 Å². The summed E-state index contributed by atoms with van der Waals surface area (Å²) in [6, 6.07) is 15.5. The average Bonchev–Trinajstić information content (AvgIpc) is 2.69. The van der Waals surface area contributed by atoms with Gasteiger partial charge in [0.2, 0.25) is 5.95 Å². The van der Waals surface area contributed by atoms with Crippen LogP contribution in [0.15, 0.2) is 48.5 Å². The third-order valence-corrected chi connectivity index (χ3v) is 5.09. The van der Waals surface area contributed by atoms with Gasteiger partial charge in [-0.1, -0.05) is 37.3 Å². The van der Waals surface area contributed by atoms with E-state index in [1.54, 1.807) is 7.11 Å². The van der Waals surface area contributed by atoms with E-state index in [9.17, 15) is 4.79 Å². The van der Waals surface area contributed by atoms with Gasteiger partial charge in [0.15, 0.2) is 5.78 Å². The molecule has 1 aliphatic carbocycles. The molecule has 6 heteroatoms. The number of para-hydroxylation sites is 3. The highest BCUT2D eigenvalue weighted by atomic mass is 16.5. The second-order valence-electron chi connectivity index (χ2n) is 7.42. The van der Waals surface area contributed by atoms with Crippen molar-refractivity contribution in [1.82, 2.24) is 9.97 Å². The fraction of sp³-hybridized carbons (Fsp3) is 0.261. The van der Waals surface area contributed by atoms with E-state index in [-0.39, 0.29) is 11.7 Å². The van der Waals surface area contributed by atoms with Crippen LogP contribution < -0.4 is 15.4 Å². The van der Waals surface area contributed by atoms with Crippen molar-refractivity contribution >= 4 is 28.9 Å². The quantitative estimate of drug-likeness (QED) is 0.637.